The average molecular weight is 241 g/mol. The van der Waals surface area contributed by atoms with Gasteiger partial charge in [0.2, 0.25) is 0 Å². The summed E-state index contributed by atoms with van der Waals surface area (Å²) in [5.74, 6) is 0. The number of aryl methyl sites for hydroxylation is 2. The van der Waals surface area contributed by atoms with Crippen molar-refractivity contribution in [1.82, 2.24) is 15.2 Å². The molecule has 0 atom stereocenters. The molecule has 0 amide bonds. The number of rotatable bonds is 6. The van der Waals surface area contributed by atoms with Gasteiger partial charge in [-0.1, -0.05) is 13.8 Å². The van der Waals surface area contributed by atoms with Gasteiger partial charge in [0, 0.05) is 24.0 Å². The molecule has 0 saturated carbocycles. The van der Waals surface area contributed by atoms with Gasteiger partial charge in [-0.05, 0) is 20.9 Å². The van der Waals surface area contributed by atoms with Gasteiger partial charge in [-0.3, -0.25) is 4.90 Å². The smallest absolute Gasteiger partial charge is 0.107 e. The lowest BCUT2D eigenvalue weighted by molar-refractivity contribution is 0.319. The molecule has 0 aliphatic heterocycles. The van der Waals surface area contributed by atoms with Crippen molar-refractivity contribution in [3.05, 3.63) is 15.6 Å². The highest BCUT2D eigenvalue weighted by Crippen LogP contribution is 2.17. The summed E-state index contributed by atoms with van der Waals surface area (Å²) in [5, 5.41) is 4.64. The van der Waals surface area contributed by atoms with E-state index in [-0.39, 0.29) is 0 Å². The zero-order valence-electron chi connectivity index (χ0n) is 11.0. The van der Waals surface area contributed by atoms with Crippen molar-refractivity contribution >= 4 is 11.3 Å². The first kappa shape index (κ1) is 13.6. The minimum atomic E-state index is 0.567. The predicted octanol–water partition coefficient (Wildman–Crippen LogP) is 2.19. The Morgan fingerprint density at radius 3 is 2.56 bits per heavy atom. The van der Waals surface area contributed by atoms with Crippen LogP contribution in [0.15, 0.2) is 0 Å². The van der Waals surface area contributed by atoms with Crippen LogP contribution < -0.4 is 5.32 Å². The van der Waals surface area contributed by atoms with Crippen LogP contribution in [-0.4, -0.2) is 36.1 Å². The van der Waals surface area contributed by atoms with E-state index in [1.165, 1.54) is 15.6 Å². The minimum Gasteiger partial charge on any atom is -0.313 e. The molecule has 0 radical (unpaired) electrons. The standard InChI is InChI=1S/C12H23N3S/c1-9(2)13-6-7-15(5)8-12-14-10(3)11(4)16-12/h9,13H,6-8H2,1-5H3. The van der Waals surface area contributed by atoms with Crippen LogP contribution in [0.4, 0.5) is 0 Å². The van der Waals surface area contributed by atoms with E-state index in [1.807, 2.05) is 11.3 Å². The Kier molecular flexibility index (Phi) is 5.38. The number of likely N-dealkylation sites (N-methyl/N-ethyl adjacent to an activating group) is 1. The quantitative estimate of drug-likeness (QED) is 0.827. The lowest BCUT2D eigenvalue weighted by Crippen LogP contribution is -2.32. The van der Waals surface area contributed by atoms with Gasteiger partial charge in [-0.2, -0.15) is 0 Å². The number of thiazole rings is 1. The molecule has 0 unspecified atom stereocenters. The topological polar surface area (TPSA) is 28.2 Å². The maximum atomic E-state index is 4.55. The minimum absolute atomic E-state index is 0.567. The molecular weight excluding hydrogens is 218 g/mol. The molecule has 0 spiro atoms. The lowest BCUT2D eigenvalue weighted by atomic mass is 10.4. The summed E-state index contributed by atoms with van der Waals surface area (Å²) in [6.45, 7) is 11.6. The first-order valence-corrected chi connectivity index (χ1v) is 6.65. The molecule has 0 aromatic carbocycles. The second-order valence-electron chi connectivity index (χ2n) is 4.60. The molecule has 1 rings (SSSR count). The van der Waals surface area contributed by atoms with E-state index in [0.29, 0.717) is 6.04 Å². The monoisotopic (exact) mass is 241 g/mol. The van der Waals surface area contributed by atoms with Crippen LogP contribution in [0.1, 0.15) is 29.4 Å². The summed E-state index contributed by atoms with van der Waals surface area (Å²) in [6, 6.07) is 0.567. The summed E-state index contributed by atoms with van der Waals surface area (Å²) in [7, 11) is 2.15. The molecule has 1 N–H and O–H groups in total. The molecular formula is C12H23N3S. The van der Waals surface area contributed by atoms with Crippen LogP contribution in [0, 0.1) is 13.8 Å². The number of nitrogens with one attached hydrogen (secondary N) is 1. The third-order valence-electron chi connectivity index (χ3n) is 2.52. The number of hydrogen-bond acceptors (Lipinski definition) is 4. The molecule has 0 saturated heterocycles. The molecule has 0 aliphatic rings. The number of aromatic nitrogens is 1. The fourth-order valence-corrected chi connectivity index (χ4v) is 2.48. The van der Waals surface area contributed by atoms with Crippen molar-refractivity contribution in [2.24, 2.45) is 0 Å². The predicted molar refractivity (Wildman–Crippen MR) is 71.1 cm³/mol. The van der Waals surface area contributed by atoms with E-state index in [0.717, 1.165) is 19.6 Å². The van der Waals surface area contributed by atoms with Crippen molar-refractivity contribution in [2.75, 3.05) is 20.1 Å². The Hall–Kier alpha value is -0.450. The van der Waals surface area contributed by atoms with Crippen LogP contribution >= 0.6 is 11.3 Å². The highest BCUT2D eigenvalue weighted by molar-refractivity contribution is 7.11. The molecule has 3 nitrogen and oxygen atoms in total. The highest BCUT2D eigenvalue weighted by Gasteiger charge is 2.06. The highest BCUT2D eigenvalue weighted by atomic mass is 32.1. The van der Waals surface area contributed by atoms with Gasteiger partial charge in [-0.15, -0.1) is 11.3 Å². The molecule has 16 heavy (non-hydrogen) atoms. The first-order valence-electron chi connectivity index (χ1n) is 5.84. The molecule has 0 fully saturated rings. The van der Waals surface area contributed by atoms with Crippen molar-refractivity contribution < 1.29 is 0 Å². The maximum Gasteiger partial charge on any atom is 0.107 e. The third kappa shape index (κ3) is 4.60. The van der Waals surface area contributed by atoms with Crippen molar-refractivity contribution in [3.8, 4) is 0 Å². The zero-order valence-corrected chi connectivity index (χ0v) is 11.8. The van der Waals surface area contributed by atoms with Crippen LogP contribution in [0.25, 0.3) is 0 Å². The van der Waals surface area contributed by atoms with E-state index < -0.39 is 0 Å². The molecule has 0 aliphatic carbocycles. The van der Waals surface area contributed by atoms with Crippen LogP contribution in [0.2, 0.25) is 0 Å². The van der Waals surface area contributed by atoms with Crippen LogP contribution in [-0.2, 0) is 6.54 Å². The Morgan fingerprint density at radius 1 is 1.38 bits per heavy atom. The Morgan fingerprint density at radius 2 is 2.06 bits per heavy atom. The number of hydrogen-bond donors (Lipinski definition) is 1. The van der Waals surface area contributed by atoms with Gasteiger partial charge in [0.15, 0.2) is 0 Å². The van der Waals surface area contributed by atoms with Crippen molar-refractivity contribution in [2.45, 2.75) is 40.3 Å². The van der Waals surface area contributed by atoms with Crippen molar-refractivity contribution in [3.63, 3.8) is 0 Å². The Balaban J connectivity index is 2.31. The normalized spacial score (nSPS) is 11.7. The van der Waals surface area contributed by atoms with Gasteiger partial charge in [0.1, 0.15) is 5.01 Å². The summed E-state index contributed by atoms with van der Waals surface area (Å²) in [5.41, 5.74) is 1.17. The van der Waals surface area contributed by atoms with Crippen molar-refractivity contribution in [1.29, 1.82) is 0 Å². The van der Waals surface area contributed by atoms with E-state index in [1.54, 1.807) is 0 Å². The average Bonchev–Trinajstić information content (AvgIpc) is 2.44. The molecule has 92 valence electrons. The Labute approximate surface area is 103 Å². The van der Waals surface area contributed by atoms with Crippen LogP contribution in [0.3, 0.4) is 0 Å². The zero-order chi connectivity index (χ0) is 12.1. The van der Waals surface area contributed by atoms with Gasteiger partial charge in [0.05, 0.1) is 12.2 Å². The van der Waals surface area contributed by atoms with E-state index in [2.05, 4.69) is 49.9 Å². The van der Waals surface area contributed by atoms with Crippen LogP contribution in [0.5, 0.6) is 0 Å². The fourth-order valence-electron chi connectivity index (χ4n) is 1.46. The second-order valence-corrected chi connectivity index (χ2v) is 5.88. The fraction of sp³-hybridized carbons (Fsp3) is 0.750. The SMILES string of the molecule is Cc1nc(CN(C)CCNC(C)C)sc1C. The first-order chi connectivity index (χ1) is 7.49. The molecule has 1 aromatic heterocycles. The molecule has 4 heteroatoms. The van der Waals surface area contributed by atoms with E-state index >= 15 is 0 Å². The Bertz CT molecular complexity index is 301. The molecule has 1 aromatic rings. The van der Waals surface area contributed by atoms with Gasteiger partial charge >= 0.3 is 0 Å². The summed E-state index contributed by atoms with van der Waals surface area (Å²) in [4.78, 5) is 8.20. The second kappa shape index (κ2) is 6.33. The third-order valence-corrected chi connectivity index (χ3v) is 3.58. The number of nitrogens with zero attached hydrogens (tertiary/aromatic N) is 2. The van der Waals surface area contributed by atoms with E-state index in [9.17, 15) is 0 Å². The summed E-state index contributed by atoms with van der Waals surface area (Å²) >= 11 is 1.81. The van der Waals surface area contributed by atoms with Gasteiger partial charge in [0.25, 0.3) is 0 Å². The van der Waals surface area contributed by atoms with Gasteiger partial charge < -0.3 is 5.32 Å². The molecule has 0 bridgehead atoms. The van der Waals surface area contributed by atoms with Gasteiger partial charge in [-0.25, -0.2) is 4.98 Å². The summed E-state index contributed by atoms with van der Waals surface area (Å²) < 4.78 is 0. The van der Waals surface area contributed by atoms with E-state index in [4.69, 9.17) is 0 Å². The lowest BCUT2D eigenvalue weighted by Gasteiger charge is -2.16. The summed E-state index contributed by atoms with van der Waals surface area (Å²) in [6.07, 6.45) is 0. The largest absolute Gasteiger partial charge is 0.313 e. The maximum absolute atomic E-state index is 4.55. The molecule has 1 heterocycles.